The van der Waals surface area contributed by atoms with Gasteiger partial charge in [0, 0.05) is 25.2 Å². The normalized spacial score (nSPS) is 18.7. The van der Waals surface area contributed by atoms with E-state index in [1.54, 1.807) is 23.9 Å². The van der Waals surface area contributed by atoms with E-state index in [9.17, 15) is 4.79 Å². The van der Waals surface area contributed by atoms with Gasteiger partial charge in [0.2, 0.25) is 0 Å². The lowest BCUT2D eigenvalue weighted by molar-refractivity contribution is 0.0943. The summed E-state index contributed by atoms with van der Waals surface area (Å²) in [5, 5.41) is 5.08. The summed E-state index contributed by atoms with van der Waals surface area (Å²) in [6.45, 7) is 3.75. The fraction of sp³-hybridized carbons (Fsp3) is 0.353. The minimum Gasteiger partial charge on any atom is -0.472 e. The monoisotopic (exact) mass is 329 g/mol. The fourth-order valence-corrected chi connectivity index (χ4v) is 3.95. The molecule has 1 aliphatic rings. The molecule has 1 unspecified atom stereocenters. The third-order valence-corrected chi connectivity index (χ3v) is 5.26. The van der Waals surface area contributed by atoms with E-state index in [0.29, 0.717) is 11.6 Å². The number of H-pyrrole nitrogens is 1. The van der Waals surface area contributed by atoms with Crippen LogP contribution in [-0.4, -0.2) is 35.4 Å². The topological polar surface area (TPSA) is 61.3 Å². The van der Waals surface area contributed by atoms with Crippen LogP contribution in [0.1, 0.15) is 22.5 Å². The van der Waals surface area contributed by atoms with Crippen LogP contribution in [0.3, 0.4) is 0 Å². The second-order valence-electron chi connectivity index (χ2n) is 6.11. The van der Waals surface area contributed by atoms with Crippen molar-refractivity contribution < 1.29 is 9.21 Å². The number of carbonyl (C=O) groups is 1. The van der Waals surface area contributed by atoms with Gasteiger partial charge in [0.1, 0.15) is 5.69 Å². The van der Waals surface area contributed by atoms with E-state index >= 15 is 0 Å². The number of rotatable bonds is 5. The fourth-order valence-electron chi connectivity index (χ4n) is 3.17. The van der Waals surface area contributed by atoms with Gasteiger partial charge in [-0.25, -0.2) is 0 Å². The van der Waals surface area contributed by atoms with Crippen molar-refractivity contribution in [1.82, 2.24) is 15.2 Å². The average molecular weight is 329 g/mol. The lowest BCUT2D eigenvalue weighted by Gasteiger charge is -2.15. The summed E-state index contributed by atoms with van der Waals surface area (Å²) in [5.41, 5.74) is 2.90. The summed E-state index contributed by atoms with van der Waals surface area (Å²) in [5.74, 6) is 0.503. The van der Waals surface area contributed by atoms with Gasteiger partial charge >= 0.3 is 0 Å². The molecule has 3 aromatic heterocycles. The van der Waals surface area contributed by atoms with E-state index in [4.69, 9.17) is 4.42 Å². The van der Waals surface area contributed by atoms with Crippen LogP contribution in [0.5, 0.6) is 0 Å². The number of carbonyl (C=O) groups excluding carboxylic acids is 1. The lowest BCUT2D eigenvalue weighted by atomic mass is 10.1. The van der Waals surface area contributed by atoms with Gasteiger partial charge in [-0.2, -0.15) is 0 Å². The van der Waals surface area contributed by atoms with Gasteiger partial charge in [-0.05, 0) is 42.5 Å². The predicted octanol–water partition coefficient (Wildman–Crippen LogP) is 3.07. The van der Waals surface area contributed by atoms with Crippen LogP contribution in [0, 0.1) is 5.92 Å². The van der Waals surface area contributed by atoms with Gasteiger partial charge in [0.05, 0.1) is 22.7 Å². The Morgan fingerprint density at radius 3 is 3.26 bits per heavy atom. The number of hydrogen-bond donors (Lipinski definition) is 2. The second-order valence-corrected chi connectivity index (χ2v) is 7.06. The van der Waals surface area contributed by atoms with Gasteiger partial charge in [-0.15, -0.1) is 11.3 Å². The van der Waals surface area contributed by atoms with Gasteiger partial charge in [0.15, 0.2) is 0 Å². The molecule has 23 heavy (non-hydrogen) atoms. The van der Waals surface area contributed by atoms with Gasteiger partial charge in [-0.3, -0.25) is 9.69 Å². The minimum atomic E-state index is -0.0123. The zero-order valence-electron chi connectivity index (χ0n) is 12.7. The summed E-state index contributed by atoms with van der Waals surface area (Å²) in [6, 6.07) is 5.93. The zero-order valence-corrected chi connectivity index (χ0v) is 13.6. The Bertz CT molecular complexity index is 761. The maximum atomic E-state index is 12.2. The number of aromatic nitrogens is 1. The van der Waals surface area contributed by atoms with Crippen LogP contribution in [-0.2, 0) is 6.54 Å². The molecule has 1 fully saturated rings. The number of aromatic amines is 1. The molecular formula is C17H19N3O2S. The molecule has 1 aliphatic heterocycles. The quantitative estimate of drug-likeness (QED) is 0.756. The van der Waals surface area contributed by atoms with Gasteiger partial charge < -0.3 is 14.7 Å². The third-order valence-electron chi connectivity index (χ3n) is 4.39. The van der Waals surface area contributed by atoms with Gasteiger partial charge in [-0.1, -0.05) is 0 Å². The van der Waals surface area contributed by atoms with Crippen molar-refractivity contribution >= 4 is 27.5 Å². The highest BCUT2D eigenvalue weighted by Crippen LogP contribution is 2.22. The molecule has 4 heterocycles. The van der Waals surface area contributed by atoms with E-state index < -0.39 is 0 Å². The molecule has 3 aromatic rings. The highest BCUT2D eigenvalue weighted by Gasteiger charge is 2.23. The number of thiophene rings is 1. The molecular weight excluding hydrogens is 310 g/mol. The third kappa shape index (κ3) is 3.18. The number of amides is 1. The Balaban J connectivity index is 1.28. The Morgan fingerprint density at radius 2 is 2.43 bits per heavy atom. The summed E-state index contributed by atoms with van der Waals surface area (Å²) >= 11 is 1.65. The number of nitrogens with one attached hydrogen (secondary N) is 2. The summed E-state index contributed by atoms with van der Waals surface area (Å²) in [7, 11) is 0. The molecule has 1 atom stereocenters. The van der Waals surface area contributed by atoms with E-state index in [0.717, 1.165) is 42.8 Å². The first-order chi connectivity index (χ1) is 11.3. The number of nitrogens with zero attached hydrogens (tertiary/aromatic N) is 1. The Hall–Kier alpha value is -2.05. The van der Waals surface area contributed by atoms with Crippen LogP contribution in [0.2, 0.25) is 0 Å². The smallest absolute Gasteiger partial charge is 0.267 e. The van der Waals surface area contributed by atoms with E-state index in [1.165, 1.54) is 5.56 Å². The maximum Gasteiger partial charge on any atom is 0.267 e. The Labute approximate surface area is 138 Å². The molecule has 0 saturated carbocycles. The van der Waals surface area contributed by atoms with Crippen LogP contribution < -0.4 is 5.32 Å². The van der Waals surface area contributed by atoms with Crippen molar-refractivity contribution in [2.45, 2.75) is 13.0 Å². The molecule has 5 nitrogen and oxygen atoms in total. The molecule has 0 aliphatic carbocycles. The molecule has 0 bridgehead atoms. The van der Waals surface area contributed by atoms with Crippen molar-refractivity contribution in [2.24, 2.45) is 5.92 Å². The first kappa shape index (κ1) is 14.5. The number of likely N-dealkylation sites (tertiary alicyclic amines) is 1. The SMILES string of the molecule is O=C(NCC1CCN(Cc2ccoc2)C1)c1cc2sccc2[nH]1. The predicted molar refractivity (Wildman–Crippen MR) is 90.6 cm³/mol. The number of fused-ring (bicyclic) bond motifs is 1. The summed E-state index contributed by atoms with van der Waals surface area (Å²) in [6.07, 6.45) is 4.63. The van der Waals surface area contributed by atoms with Crippen LogP contribution >= 0.6 is 11.3 Å². The zero-order chi connectivity index (χ0) is 15.6. The van der Waals surface area contributed by atoms with Crippen LogP contribution in [0.25, 0.3) is 10.2 Å². The van der Waals surface area contributed by atoms with Crippen LogP contribution in [0.4, 0.5) is 0 Å². The highest BCUT2D eigenvalue weighted by atomic mass is 32.1. The van der Waals surface area contributed by atoms with E-state index in [1.807, 2.05) is 23.6 Å². The highest BCUT2D eigenvalue weighted by molar-refractivity contribution is 7.17. The Kier molecular flexibility index (Phi) is 3.93. The van der Waals surface area contributed by atoms with Crippen molar-refractivity contribution in [1.29, 1.82) is 0 Å². The largest absolute Gasteiger partial charge is 0.472 e. The van der Waals surface area contributed by atoms with Crippen LogP contribution in [0.15, 0.2) is 40.5 Å². The Morgan fingerprint density at radius 1 is 1.48 bits per heavy atom. The summed E-state index contributed by atoms with van der Waals surface area (Å²) < 4.78 is 6.24. The summed E-state index contributed by atoms with van der Waals surface area (Å²) in [4.78, 5) is 17.8. The molecule has 0 spiro atoms. The number of furan rings is 1. The molecule has 4 rings (SSSR count). The second kappa shape index (κ2) is 6.22. The average Bonchev–Trinajstić information content (AvgIpc) is 3.29. The standard InChI is InChI=1S/C17H19N3O2S/c21-17(15-7-16-14(19-15)3-6-23-16)18-8-12-1-4-20(9-12)10-13-2-5-22-11-13/h2-3,5-7,11-12,19H,1,4,8-10H2,(H,18,21). The molecule has 1 saturated heterocycles. The molecule has 0 aromatic carbocycles. The van der Waals surface area contributed by atoms with Crippen molar-refractivity contribution in [3.8, 4) is 0 Å². The van der Waals surface area contributed by atoms with Crippen molar-refractivity contribution in [3.05, 3.63) is 47.4 Å². The van der Waals surface area contributed by atoms with E-state index in [-0.39, 0.29) is 5.91 Å². The van der Waals surface area contributed by atoms with Gasteiger partial charge in [0.25, 0.3) is 5.91 Å². The van der Waals surface area contributed by atoms with Crippen molar-refractivity contribution in [3.63, 3.8) is 0 Å². The number of hydrogen-bond acceptors (Lipinski definition) is 4. The first-order valence-electron chi connectivity index (χ1n) is 7.86. The van der Waals surface area contributed by atoms with Crippen molar-refractivity contribution in [2.75, 3.05) is 19.6 Å². The molecule has 0 radical (unpaired) electrons. The lowest BCUT2D eigenvalue weighted by Crippen LogP contribution is -2.31. The molecule has 1 amide bonds. The minimum absolute atomic E-state index is 0.0123. The molecule has 120 valence electrons. The maximum absolute atomic E-state index is 12.2. The molecule has 6 heteroatoms. The molecule has 2 N–H and O–H groups in total. The first-order valence-corrected chi connectivity index (χ1v) is 8.74. The van der Waals surface area contributed by atoms with E-state index in [2.05, 4.69) is 15.2 Å².